The summed E-state index contributed by atoms with van der Waals surface area (Å²) >= 11 is 12.3. The number of carbonyl (C=O) groups is 1. The van der Waals surface area contributed by atoms with Gasteiger partial charge in [0.25, 0.3) is 0 Å². The highest BCUT2D eigenvalue weighted by Gasteiger charge is 2.24. The Labute approximate surface area is 177 Å². The minimum Gasteiger partial charge on any atom is -0.478 e. The number of hydrogen-bond donors (Lipinski definition) is 1. The second kappa shape index (κ2) is 10.7. The van der Waals surface area contributed by atoms with Gasteiger partial charge >= 0.3 is 5.97 Å². The number of carboxylic acid groups (broad SMARTS) is 1. The van der Waals surface area contributed by atoms with E-state index in [2.05, 4.69) is 11.8 Å². The van der Waals surface area contributed by atoms with E-state index in [9.17, 15) is 9.90 Å². The molecular weight excluding hydrogens is 405 g/mol. The average Bonchev–Trinajstić information content (AvgIpc) is 2.61. The van der Waals surface area contributed by atoms with Crippen molar-refractivity contribution < 1.29 is 9.90 Å². The van der Waals surface area contributed by atoms with E-state index in [1.807, 2.05) is 56.6 Å². The number of allylic oxidation sites excluding steroid dienone is 1. The second-order valence-electron chi connectivity index (χ2n) is 6.56. The first-order chi connectivity index (χ1) is 12.3. The molecule has 0 aliphatic rings. The molecule has 2 aromatic carbocycles. The van der Waals surface area contributed by atoms with Gasteiger partial charge in [0.2, 0.25) is 0 Å². The van der Waals surface area contributed by atoms with Crippen molar-refractivity contribution in [3.8, 4) is 0 Å². The normalized spacial score (nSPS) is 13.8. The Morgan fingerprint density at radius 2 is 1.74 bits per heavy atom. The summed E-state index contributed by atoms with van der Waals surface area (Å²) in [6, 6.07) is 15.4. The van der Waals surface area contributed by atoms with Gasteiger partial charge in [0.1, 0.15) is 0 Å². The van der Waals surface area contributed by atoms with Crippen molar-refractivity contribution in [1.82, 2.24) is 4.90 Å². The van der Waals surface area contributed by atoms with Crippen molar-refractivity contribution >= 4 is 47.2 Å². The Bertz CT molecular complexity index is 791. The van der Waals surface area contributed by atoms with Gasteiger partial charge in [-0.2, -0.15) is 0 Å². The molecule has 0 spiro atoms. The van der Waals surface area contributed by atoms with E-state index in [1.165, 1.54) is 6.08 Å². The zero-order valence-corrected chi connectivity index (χ0v) is 17.9. The van der Waals surface area contributed by atoms with Gasteiger partial charge in [-0.15, -0.1) is 12.4 Å². The maximum absolute atomic E-state index is 11.4. The summed E-state index contributed by atoms with van der Waals surface area (Å²) in [6.45, 7) is 2.12. The molecule has 1 N–H and O–H groups in total. The zero-order chi connectivity index (χ0) is 19.3. The van der Waals surface area contributed by atoms with Gasteiger partial charge in [0, 0.05) is 18.0 Å². The largest absolute Gasteiger partial charge is 0.478 e. The first-order valence-electron chi connectivity index (χ1n) is 8.40. The van der Waals surface area contributed by atoms with Crippen molar-refractivity contribution in [3.05, 3.63) is 75.8 Å². The molecule has 27 heavy (non-hydrogen) atoms. The Kier molecular flexibility index (Phi) is 9.34. The minimum atomic E-state index is -0.950. The molecule has 0 radical (unpaired) electrons. The molecule has 0 aromatic heterocycles. The highest BCUT2D eigenvalue weighted by molar-refractivity contribution is 6.42. The molecule has 0 aliphatic heterocycles. The Morgan fingerprint density at radius 3 is 2.26 bits per heavy atom. The van der Waals surface area contributed by atoms with Crippen LogP contribution in [-0.2, 0) is 4.79 Å². The molecule has 0 aliphatic carbocycles. The third-order valence-corrected chi connectivity index (χ3v) is 5.39. The van der Waals surface area contributed by atoms with Crippen molar-refractivity contribution in [3.63, 3.8) is 0 Å². The van der Waals surface area contributed by atoms with Gasteiger partial charge < -0.3 is 10.0 Å². The molecule has 0 fully saturated rings. The van der Waals surface area contributed by atoms with E-state index in [0.717, 1.165) is 16.7 Å². The summed E-state index contributed by atoms with van der Waals surface area (Å²) in [4.78, 5) is 13.5. The lowest BCUT2D eigenvalue weighted by Crippen LogP contribution is -2.31. The van der Waals surface area contributed by atoms with Crippen molar-refractivity contribution in [1.29, 1.82) is 0 Å². The number of halogens is 3. The fourth-order valence-electron chi connectivity index (χ4n) is 2.97. The van der Waals surface area contributed by atoms with Crippen LogP contribution in [0.15, 0.2) is 54.6 Å². The predicted octanol–water partition coefficient (Wildman–Crippen LogP) is 6.01. The molecule has 0 bridgehead atoms. The smallest absolute Gasteiger partial charge is 0.328 e. The van der Waals surface area contributed by atoms with Gasteiger partial charge in [-0.25, -0.2) is 4.79 Å². The van der Waals surface area contributed by atoms with Gasteiger partial charge in [-0.05, 0) is 56.3 Å². The van der Waals surface area contributed by atoms with Crippen LogP contribution in [0, 0.1) is 0 Å². The van der Waals surface area contributed by atoms with Crippen LogP contribution in [0.1, 0.15) is 30.4 Å². The van der Waals surface area contributed by atoms with Crippen LogP contribution >= 0.6 is 35.6 Å². The number of carboxylic acids is 1. The van der Waals surface area contributed by atoms with Crippen LogP contribution in [0.3, 0.4) is 0 Å². The topological polar surface area (TPSA) is 40.5 Å². The van der Waals surface area contributed by atoms with Crippen LogP contribution in [0.2, 0.25) is 10.0 Å². The van der Waals surface area contributed by atoms with Crippen LogP contribution in [0.5, 0.6) is 0 Å². The number of rotatable bonds is 7. The molecule has 2 atom stereocenters. The van der Waals surface area contributed by atoms with Crippen molar-refractivity contribution in [2.75, 3.05) is 14.1 Å². The molecule has 146 valence electrons. The first-order valence-corrected chi connectivity index (χ1v) is 9.15. The second-order valence-corrected chi connectivity index (χ2v) is 7.38. The van der Waals surface area contributed by atoms with E-state index in [4.69, 9.17) is 23.2 Å². The fourth-order valence-corrected chi connectivity index (χ4v) is 3.27. The summed E-state index contributed by atoms with van der Waals surface area (Å²) in [7, 11) is 4.02. The SMILES string of the molecule is CC(C(C/C(=C\C(=O)O)c1ccccc1)c1ccc(Cl)c(Cl)c1)N(C)C.Cl. The maximum Gasteiger partial charge on any atom is 0.328 e. The van der Waals surface area contributed by atoms with Gasteiger partial charge in [0.15, 0.2) is 0 Å². The van der Waals surface area contributed by atoms with Crippen LogP contribution in [0.4, 0.5) is 0 Å². The van der Waals surface area contributed by atoms with Crippen molar-refractivity contribution in [2.45, 2.75) is 25.3 Å². The maximum atomic E-state index is 11.4. The molecular formula is C21H24Cl3NO2. The van der Waals surface area contributed by atoms with Crippen LogP contribution < -0.4 is 0 Å². The Morgan fingerprint density at radius 1 is 1.11 bits per heavy atom. The lowest BCUT2D eigenvalue weighted by Gasteiger charge is -2.31. The standard InChI is InChI=1S/C21H23Cl2NO2.ClH/c1-14(24(2)3)18(16-9-10-19(22)20(23)12-16)11-17(13-21(25)26)15-7-5-4-6-8-15;/h4-10,12-14,18H,11H2,1-3H3,(H,25,26);1H/b17-13+;. The molecule has 3 nitrogen and oxygen atoms in total. The third-order valence-electron chi connectivity index (χ3n) is 4.65. The van der Waals surface area contributed by atoms with E-state index < -0.39 is 5.97 Å². The van der Waals surface area contributed by atoms with Gasteiger partial charge in [0.05, 0.1) is 10.0 Å². The summed E-state index contributed by atoms with van der Waals surface area (Å²) in [6.07, 6.45) is 1.87. The molecule has 0 amide bonds. The van der Waals surface area contributed by atoms with E-state index in [0.29, 0.717) is 16.5 Å². The van der Waals surface area contributed by atoms with Gasteiger partial charge in [-0.1, -0.05) is 59.6 Å². The van der Waals surface area contributed by atoms with E-state index in [-0.39, 0.29) is 24.4 Å². The summed E-state index contributed by atoms with van der Waals surface area (Å²) in [5, 5.41) is 10.3. The van der Waals surface area contributed by atoms with Crippen LogP contribution in [-0.4, -0.2) is 36.1 Å². The molecule has 0 heterocycles. The average molecular weight is 429 g/mol. The van der Waals surface area contributed by atoms with Crippen molar-refractivity contribution in [2.24, 2.45) is 0 Å². The highest BCUT2D eigenvalue weighted by Crippen LogP contribution is 2.35. The fraction of sp³-hybridized carbons (Fsp3) is 0.286. The molecule has 2 aromatic rings. The van der Waals surface area contributed by atoms with E-state index >= 15 is 0 Å². The molecule has 2 unspecified atom stereocenters. The summed E-state index contributed by atoms with van der Waals surface area (Å²) in [5.74, 6) is -0.889. The monoisotopic (exact) mass is 427 g/mol. The highest BCUT2D eigenvalue weighted by atomic mass is 35.5. The third kappa shape index (κ3) is 6.54. The van der Waals surface area contributed by atoms with Crippen LogP contribution in [0.25, 0.3) is 5.57 Å². The number of hydrogen-bond acceptors (Lipinski definition) is 2. The molecule has 0 saturated heterocycles. The Balaban J connectivity index is 0.00000364. The predicted molar refractivity (Wildman–Crippen MR) is 116 cm³/mol. The quantitative estimate of drug-likeness (QED) is 0.549. The van der Waals surface area contributed by atoms with Gasteiger partial charge in [-0.3, -0.25) is 0 Å². The number of likely N-dealkylation sites (N-methyl/N-ethyl adjacent to an activating group) is 1. The zero-order valence-electron chi connectivity index (χ0n) is 15.5. The molecule has 6 heteroatoms. The lowest BCUT2D eigenvalue weighted by atomic mass is 9.84. The Hall–Kier alpha value is -1.52. The number of nitrogens with zero attached hydrogens (tertiary/aromatic N) is 1. The lowest BCUT2D eigenvalue weighted by molar-refractivity contribution is -0.131. The molecule has 2 rings (SSSR count). The summed E-state index contributed by atoms with van der Waals surface area (Å²) < 4.78 is 0. The first kappa shape index (κ1) is 23.5. The molecule has 0 saturated carbocycles. The minimum absolute atomic E-state index is 0. The van der Waals surface area contributed by atoms with E-state index in [1.54, 1.807) is 6.07 Å². The summed E-state index contributed by atoms with van der Waals surface area (Å²) in [5.41, 5.74) is 2.72. The number of benzene rings is 2. The number of aliphatic carboxylic acids is 1.